The van der Waals surface area contributed by atoms with E-state index in [0.717, 1.165) is 0 Å². The van der Waals surface area contributed by atoms with Crippen LogP contribution in [0.25, 0.3) is 5.69 Å². The van der Waals surface area contributed by atoms with Crippen LogP contribution in [-0.4, -0.2) is 57.4 Å². The molecule has 176 valence electrons. The first-order valence-electron chi connectivity index (χ1n) is 10.6. The van der Waals surface area contributed by atoms with Crippen LogP contribution in [-0.2, 0) is 4.79 Å². The molecule has 1 fully saturated rings. The summed E-state index contributed by atoms with van der Waals surface area (Å²) in [5, 5.41) is 14.3. The van der Waals surface area contributed by atoms with Gasteiger partial charge in [0.05, 0.1) is 10.6 Å². The highest BCUT2D eigenvalue weighted by Crippen LogP contribution is 2.30. The zero-order valence-electron chi connectivity index (χ0n) is 18.7. The van der Waals surface area contributed by atoms with E-state index in [-0.39, 0.29) is 28.5 Å². The van der Waals surface area contributed by atoms with Crippen LogP contribution >= 0.6 is 0 Å². The maximum absolute atomic E-state index is 14.6. The van der Waals surface area contributed by atoms with E-state index in [4.69, 9.17) is 0 Å². The number of hydrogen-bond donors (Lipinski definition) is 1. The average molecular weight is 466 g/mol. The quantitative estimate of drug-likeness (QED) is 0.457. The lowest BCUT2D eigenvalue weighted by Gasteiger charge is -2.35. The van der Waals surface area contributed by atoms with Crippen molar-refractivity contribution in [1.82, 2.24) is 14.5 Å². The number of imidazole rings is 1. The van der Waals surface area contributed by atoms with Crippen molar-refractivity contribution in [3.63, 3.8) is 0 Å². The Kier molecular flexibility index (Phi) is 6.26. The fraction of sp³-hybridized carbons (Fsp3) is 0.261. The summed E-state index contributed by atoms with van der Waals surface area (Å²) < 4.78 is 16.2. The third-order valence-electron chi connectivity index (χ3n) is 5.79. The summed E-state index contributed by atoms with van der Waals surface area (Å²) in [5.74, 6) is -0.566. The Morgan fingerprint density at radius 1 is 1.09 bits per heavy atom. The van der Waals surface area contributed by atoms with Crippen LogP contribution in [0, 0.1) is 22.9 Å². The van der Waals surface area contributed by atoms with Gasteiger partial charge >= 0.3 is 0 Å². The molecule has 0 atom stereocenters. The summed E-state index contributed by atoms with van der Waals surface area (Å²) in [5.41, 5.74) is 0.763. The number of hydrogen-bond acceptors (Lipinski definition) is 6. The third kappa shape index (κ3) is 4.58. The molecule has 10 nitrogen and oxygen atoms in total. The second-order valence-corrected chi connectivity index (χ2v) is 7.92. The number of nitrogens with one attached hydrogen (secondary N) is 1. The van der Waals surface area contributed by atoms with E-state index >= 15 is 0 Å². The Morgan fingerprint density at radius 3 is 2.38 bits per heavy atom. The fourth-order valence-corrected chi connectivity index (χ4v) is 3.96. The molecule has 1 aliphatic heterocycles. The summed E-state index contributed by atoms with van der Waals surface area (Å²) in [6, 6.07) is 8.49. The number of benzene rings is 2. The fourth-order valence-electron chi connectivity index (χ4n) is 3.96. The van der Waals surface area contributed by atoms with Crippen LogP contribution in [0.3, 0.4) is 0 Å². The van der Waals surface area contributed by atoms with Gasteiger partial charge in [-0.05, 0) is 37.3 Å². The zero-order chi connectivity index (χ0) is 24.4. The highest BCUT2D eigenvalue weighted by atomic mass is 19.1. The number of halogens is 1. The van der Waals surface area contributed by atoms with Crippen molar-refractivity contribution in [3.05, 3.63) is 76.1 Å². The lowest BCUT2D eigenvalue weighted by molar-refractivity contribution is -0.384. The molecule has 0 spiro atoms. The molecule has 0 bridgehead atoms. The van der Waals surface area contributed by atoms with Crippen molar-refractivity contribution in [2.75, 3.05) is 36.4 Å². The van der Waals surface area contributed by atoms with Gasteiger partial charge in [-0.15, -0.1) is 0 Å². The van der Waals surface area contributed by atoms with E-state index in [0.29, 0.717) is 37.7 Å². The molecule has 1 aliphatic rings. The monoisotopic (exact) mass is 466 g/mol. The minimum Gasteiger partial charge on any atom is -0.362 e. The van der Waals surface area contributed by atoms with Gasteiger partial charge in [-0.3, -0.25) is 19.7 Å². The van der Waals surface area contributed by atoms with Crippen molar-refractivity contribution in [3.8, 4) is 5.69 Å². The van der Waals surface area contributed by atoms with Crippen molar-refractivity contribution in [2.45, 2.75) is 13.8 Å². The van der Waals surface area contributed by atoms with Gasteiger partial charge in [0.25, 0.3) is 11.6 Å². The van der Waals surface area contributed by atoms with Crippen molar-refractivity contribution in [2.24, 2.45) is 0 Å². The molecule has 4 rings (SSSR count). The number of amides is 2. The number of rotatable bonds is 5. The van der Waals surface area contributed by atoms with Crippen molar-refractivity contribution >= 4 is 28.9 Å². The molecule has 1 N–H and O–H groups in total. The molecule has 2 heterocycles. The smallest absolute Gasteiger partial charge is 0.293 e. The molecule has 34 heavy (non-hydrogen) atoms. The normalized spacial score (nSPS) is 13.6. The Hall–Kier alpha value is -4.28. The number of aryl methyl sites for hydroxylation is 1. The summed E-state index contributed by atoms with van der Waals surface area (Å²) in [6.45, 7) is 5.07. The molecule has 2 amide bonds. The molecule has 0 radical (unpaired) electrons. The maximum atomic E-state index is 14.6. The SMILES string of the molecule is CC(=O)N1CCN(c2ccc(C(=O)Nc3ccc(-n4ccnc4C)c(F)c3)cc2[N+](=O)[O-])CC1. The second-order valence-electron chi connectivity index (χ2n) is 7.92. The highest BCUT2D eigenvalue weighted by Gasteiger charge is 2.26. The van der Waals surface area contributed by atoms with Crippen LogP contribution in [0.4, 0.5) is 21.5 Å². The van der Waals surface area contributed by atoms with Crippen molar-refractivity contribution in [1.29, 1.82) is 0 Å². The van der Waals surface area contributed by atoms with Crippen LogP contribution in [0.5, 0.6) is 0 Å². The highest BCUT2D eigenvalue weighted by molar-refractivity contribution is 6.05. The number of anilines is 2. The third-order valence-corrected chi connectivity index (χ3v) is 5.79. The average Bonchev–Trinajstić information content (AvgIpc) is 3.24. The minimum atomic E-state index is -0.595. The van der Waals surface area contributed by atoms with Crippen LogP contribution < -0.4 is 10.2 Å². The summed E-state index contributed by atoms with van der Waals surface area (Å²) in [7, 11) is 0. The van der Waals surface area contributed by atoms with Gasteiger partial charge in [-0.1, -0.05) is 0 Å². The number of carbonyl (C=O) groups excluding carboxylic acids is 2. The molecule has 0 unspecified atom stereocenters. The number of aromatic nitrogens is 2. The van der Waals surface area contributed by atoms with Gasteiger partial charge in [0.15, 0.2) is 0 Å². The van der Waals surface area contributed by atoms with Crippen LogP contribution in [0.1, 0.15) is 23.1 Å². The maximum Gasteiger partial charge on any atom is 0.293 e. The zero-order valence-corrected chi connectivity index (χ0v) is 18.7. The van der Waals surface area contributed by atoms with Gasteiger partial charge < -0.3 is 19.7 Å². The van der Waals surface area contributed by atoms with Crippen molar-refractivity contribution < 1.29 is 18.9 Å². The van der Waals surface area contributed by atoms with Crippen LogP contribution in [0.15, 0.2) is 48.8 Å². The Bertz CT molecular complexity index is 1270. The second kappa shape index (κ2) is 9.30. The largest absolute Gasteiger partial charge is 0.362 e. The molecular weight excluding hydrogens is 443 g/mol. The predicted molar refractivity (Wildman–Crippen MR) is 124 cm³/mol. The number of nitro benzene ring substituents is 1. The van der Waals surface area contributed by atoms with E-state index in [1.807, 2.05) is 4.90 Å². The van der Waals surface area contributed by atoms with E-state index in [1.54, 1.807) is 34.9 Å². The summed E-state index contributed by atoms with van der Waals surface area (Å²) in [4.78, 5) is 43.0. The van der Waals surface area contributed by atoms with Gasteiger partial charge in [0.2, 0.25) is 5.91 Å². The standard InChI is InChI=1S/C23H23FN6O4/c1-15-25-7-8-29(15)20-6-4-18(14-19(20)24)26-23(32)17-3-5-21(22(13-17)30(33)34)28-11-9-27(10-12-28)16(2)31/h3-8,13-14H,9-12H2,1-2H3,(H,26,32). The lowest BCUT2D eigenvalue weighted by atomic mass is 10.1. The lowest BCUT2D eigenvalue weighted by Crippen LogP contribution is -2.48. The summed E-state index contributed by atoms with van der Waals surface area (Å²) >= 11 is 0. The molecule has 1 aromatic heterocycles. The molecule has 0 aliphatic carbocycles. The van der Waals surface area contributed by atoms with E-state index in [1.165, 1.54) is 37.3 Å². The number of nitrogens with zero attached hydrogens (tertiary/aromatic N) is 5. The number of piperazine rings is 1. The van der Waals surface area contributed by atoms with Gasteiger partial charge in [0, 0.05) is 62.8 Å². The Balaban J connectivity index is 1.52. The van der Waals surface area contributed by atoms with E-state index < -0.39 is 16.6 Å². The van der Waals surface area contributed by atoms with Gasteiger partial charge in [0.1, 0.15) is 17.3 Å². The first-order valence-corrected chi connectivity index (χ1v) is 10.6. The minimum absolute atomic E-state index is 0.0363. The summed E-state index contributed by atoms with van der Waals surface area (Å²) in [6.07, 6.45) is 3.19. The number of carbonyl (C=O) groups is 2. The molecule has 3 aromatic rings. The first kappa shape index (κ1) is 22.9. The molecule has 0 saturated carbocycles. The van der Waals surface area contributed by atoms with E-state index in [9.17, 15) is 24.1 Å². The molecule has 1 saturated heterocycles. The molecule has 11 heteroatoms. The molecule has 2 aromatic carbocycles. The van der Waals surface area contributed by atoms with Gasteiger partial charge in [-0.25, -0.2) is 9.37 Å². The first-order chi connectivity index (χ1) is 16.2. The van der Waals surface area contributed by atoms with Crippen LogP contribution in [0.2, 0.25) is 0 Å². The Labute approximate surface area is 194 Å². The predicted octanol–water partition coefficient (Wildman–Crippen LogP) is 3.15. The molecular formula is C23H23FN6O4. The van der Waals surface area contributed by atoms with E-state index in [2.05, 4.69) is 10.3 Å². The Morgan fingerprint density at radius 2 is 1.79 bits per heavy atom. The topological polar surface area (TPSA) is 114 Å². The van der Waals surface area contributed by atoms with Gasteiger partial charge in [-0.2, -0.15) is 0 Å². The number of nitro groups is 1.